The van der Waals surface area contributed by atoms with Gasteiger partial charge in [-0.3, -0.25) is 0 Å². The summed E-state index contributed by atoms with van der Waals surface area (Å²) in [4.78, 5) is 0. The maximum atomic E-state index is 13.7. The minimum Gasteiger partial charge on any atom is -0.486 e. The molecule has 0 fully saturated rings. The van der Waals surface area contributed by atoms with Crippen LogP contribution in [-0.4, -0.2) is 0 Å². The van der Waals surface area contributed by atoms with Crippen LogP contribution in [0.3, 0.4) is 0 Å². The van der Waals surface area contributed by atoms with E-state index in [1.54, 1.807) is 6.07 Å². The van der Waals surface area contributed by atoms with Gasteiger partial charge in [0.1, 0.15) is 6.61 Å². The van der Waals surface area contributed by atoms with Crippen LogP contribution >= 0.6 is 15.9 Å². The molecule has 3 heteroatoms. The van der Waals surface area contributed by atoms with Crippen molar-refractivity contribution in [3.05, 3.63) is 64.5 Å². The highest BCUT2D eigenvalue weighted by Gasteiger charge is 2.09. The highest BCUT2D eigenvalue weighted by molar-refractivity contribution is 9.08. The van der Waals surface area contributed by atoms with E-state index in [0.717, 1.165) is 11.1 Å². The van der Waals surface area contributed by atoms with Crippen LogP contribution in [0.4, 0.5) is 4.39 Å². The fourth-order valence-electron chi connectivity index (χ4n) is 1.87. The van der Waals surface area contributed by atoms with Gasteiger partial charge in [-0.1, -0.05) is 46.3 Å². The topological polar surface area (TPSA) is 9.23 Å². The van der Waals surface area contributed by atoms with Crippen LogP contribution in [0.2, 0.25) is 0 Å². The van der Waals surface area contributed by atoms with Crippen LogP contribution in [-0.2, 0) is 11.9 Å². The molecule has 1 nitrogen and oxygen atoms in total. The van der Waals surface area contributed by atoms with E-state index in [0.29, 0.717) is 17.7 Å². The molecule has 0 spiro atoms. The van der Waals surface area contributed by atoms with Gasteiger partial charge in [0.2, 0.25) is 0 Å². The lowest BCUT2D eigenvalue weighted by Gasteiger charge is -2.12. The first kappa shape index (κ1) is 14.1. The van der Waals surface area contributed by atoms with Gasteiger partial charge in [0.15, 0.2) is 11.6 Å². The van der Waals surface area contributed by atoms with E-state index in [4.69, 9.17) is 4.74 Å². The lowest BCUT2D eigenvalue weighted by atomic mass is 10.1. The van der Waals surface area contributed by atoms with E-state index in [1.165, 1.54) is 17.2 Å². The fraction of sp³-hybridized carbons (Fsp3) is 0.250. The standard InChI is InChI=1S/C16H16BrFO/c1-11-6-7-13(8-12(11)2)10-19-16-14(9-17)4-3-5-15(16)18/h3-8H,9-10H2,1-2H3. The Morgan fingerprint density at radius 3 is 2.58 bits per heavy atom. The van der Waals surface area contributed by atoms with Crippen molar-refractivity contribution in [3.63, 3.8) is 0 Å². The minimum atomic E-state index is -0.319. The summed E-state index contributed by atoms with van der Waals surface area (Å²) in [6, 6.07) is 11.1. The molecule has 0 bridgehead atoms. The average Bonchev–Trinajstić information content (AvgIpc) is 2.41. The molecule has 0 atom stereocenters. The van der Waals surface area contributed by atoms with E-state index in [9.17, 15) is 4.39 Å². The predicted molar refractivity (Wildman–Crippen MR) is 79.3 cm³/mol. The molecule has 0 amide bonds. The van der Waals surface area contributed by atoms with Crippen LogP contribution in [0.1, 0.15) is 22.3 Å². The van der Waals surface area contributed by atoms with E-state index >= 15 is 0 Å². The fourth-order valence-corrected chi connectivity index (χ4v) is 2.31. The largest absolute Gasteiger partial charge is 0.486 e. The van der Waals surface area contributed by atoms with Crippen LogP contribution < -0.4 is 4.74 Å². The zero-order chi connectivity index (χ0) is 13.8. The van der Waals surface area contributed by atoms with Crippen molar-refractivity contribution in [2.75, 3.05) is 0 Å². The second-order valence-electron chi connectivity index (χ2n) is 4.57. The quantitative estimate of drug-likeness (QED) is 0.726. The maximum Gasteiger partial charge on any atom is 0.165 e. The Bertz CT molecular complexity index is 581. The van der Waals surface area contributed by atoms with Gasteiger partial charge in [-0.25, -0.2) is 4.39 Å². The highest BCUT2D eigenvalue weighted by atomic mass is 79.9. The number of alkyl halides is 1. The number of halogens is 2. The van der Waals surface area contributed by atoms with Gasteiger partial charge in [-0.05, 0) is 36.6 Å². The molecular formula is C16H16BrFO. The van der Waals surface area contributed by atoms with Gasteiger partial charge >= 0.3 is 0 Å². The molecule has 2 aromatic carbocycles. The first-order valence-corrected chi connectivity index (χ1v) is 7.26. The summed E-state index contributed by atoms with van der Waals surface area (Å²) in [5, 5.41) is 0.576. The SMILES string of the molecule is Cc1ccc(COc2c(F)cccc2CBr)cc1C. The minimum absolute atomic E-state index is 0.319. The lowest BCUT2D eigenvalue weighted by molar-refractivity contribution is 0.288. The van der Waals surface area contributed by atoms with Crippen molar-refractivity contribution in [1.82, 2.24) is 0 Å². The molecule has 0 heterocycles. The molecule has 0 N–H and O–H groups in total. The number of hydrogen-bond acceptors (Lipinski definition) is 1. The van der Waals surface area contributed by atoms with E-state index in [-0.39, 0.29) is 5.82 Å². The first-order chi connectivity index (χ1) is 9.11. The number of ether oxygens (including phenoxy) is 1. The van der Waals surface area contributed by atoms with Crippen LogP contribution in [0, 0.1) is 19.7 Å². The molecule has 100 valence electrons. The monoisotopic (exact) mass is 322 g/mol. The molecule has 0 saturated heterocycles. The summed E-state index contributed by atoms with van der Waals surface area (Å²) in [7, 11) is 0. The maximum absolute atomic E-state index is 13.7. The molecule has 0 radical (unpaired) electrons. The van der Waals surface area contributed by atoms with Gasteiger partial charge in [0.05, 0.1) is 0 Å². The molecule has 0 aliphatic heterocycles. The third-order valence-corrected chi connectivity index (χ3v) is 3.75. The van der Waals surface area contributed by atoms with Gasteiger partial charge in [-0.15, -0.1) is 0 Å². The van der Waals surface area contributed by atoms with Crippen molar-refractivity contribution >= 4 is 15.9 Å². The van der Waals surface area contributed by atoms with E-state index < -0.39 is 0 Å². The normalized spacial score (nSPS) is 10.5. The smallest absolute Gasteiger partial charge is 0.165 e. The second kappa shape index (κ2) is 6.20. The van der Waals surface area contributed by atoms with Gasteiger partial charge < -0.3 is 4.74 Å². The van der Waals surface area contributed by atoms with E-state index in [1.807, 2.05) is 12.1 Å². The van der Waals surface area contributed by atoms with E-state index in [2.05, 4.69) is 41.9 Å². The molecule has 0 aliphatic rings. The third-order valence-electron chi connectivity index (χ3n) is 3.15. The molecule has 0 aliphatic carbocycles. The summed E-state index contributed by atoms with van der Waals surface area (Å²) in [5.74, 6) is 0.0124. The first-order valence-electron chi connectivity index (χ1n) is 6.14. The van der Waals surface area contributed by atoms with Crippen molar-refractivity contribution in [1.29, 1.82) is 0 Å². The molecule has 2 aromatic rings. The summed E-state index contributed by atoms with van der Waals surface area (Å²) < 4.78 is 19.4. The van der Waals surface area contributed by atoms with Crippen molar-refractivity contribution in [3.8, 4) is 5.75 Å². The number of aryl methyl sites for hydroxylation is 2. The summed E-state index contributed by atoms with van der Waals surface area (Å²) in [5.41, 5.74) is 4.34. The molecular weight excluding hydrogens is 307 g/mol. The van der Waals surface area contributed by atoms with Crippen LogP contribution in [0.25, 0.3) is 0 Å². The Labute approximate surface area is 121 Å². The lowest BCUT2D eigenvalue weighted by Crippen LogP contribution is -2.00. The van der Waals surface area contributed by atoms with Crippen molar-refractivity contribution < 1.29 is 9.13 Å². The number of benzene rings is 2. The number of rotatable bonds is 4. The summed E-state index contributed by atoms with van der Waals surface area (Å²) in [6.07, 6.45) is 0. The molecule has 0 aromatic heterocycles. The van der Waals surface area contributed by atoms with Crippen molar-refractivity contribution in [2.24, 2.45) is 0 Å². The highest BCUT2D eigenvalue weighted by Crippen LogP contribution is 2.25. The Morgan fingerprint density at radius 2 is 1.89 bits per heavy atom. The summed E-state index contributed by atoms with van der Waals surface area (Å²) in [6.45, 7) is 4.51. The zero-order valence-corrected chi connectivity index (χ0v) is 12.6. The predicted octanol–water partition coefficient (Wildman–Crippen LogP) is 4.92. The Morgan fingerprint density at radius 1 is 1.11 bits per heavy atom. The molecule has 19 heavy (non-hydrogen) atoms. The number of hydrogen-bond donors (Lipinski definition) is 0. The molecule has 2 rings (SSSR count). The van der Waals surface area contributed by atoms with Crippen molar-refractivity contribution in [2.45, 2.75) is 25.8 Å². The van der Waals surface area contributed by atoms with Crippen LogP contribution in [0.15, 0.2) is 36.4 Å². The molecule has 0 unspecified atom stereocenters. The third kappa shape index (κ3) is 3.35. The van der Waals surface area contributed by atoms with Gasteiger partial charge in [-0.2, -0.15) is 0 Å². The van der Waals surface area contributed by atoms with Gasteiger partial charge in [0.25, 0.3) is 0 Å². The Hall–Kier alpha value is -1.35. The Balaban J connectivity index is 2.16. The zero-order valence-electron chi connectivity index (χ0n) is 11.0. The summed E-state index contributed by atoms with van der Waals surface area (Å²) >= 11 is 3.34. The average molecular weight is 323 g/mol. The molecule has 0 saturated carbocycles. The van der Waals surface area contributed by atoms with Crippen LogP contribution in [0.5, 0.6) is 5.75 Å². The second-order valence-corrected chi connectivity index (χ2v) is 5.13. The Kier molecular flexibility index (Phi) is 4.59. The van der Waals surface area contributed by atoms with Gasteiger partial charge in [0, 0.05) is 10.9 Å². The number of para-hydroxylation sites is 1.